The Labute approximate surface area is 119 Å². The smallest absolute Gasteiger partial charge is 0.255 e. The minimum Gasteiger partial charge on any atom is -0.397 e. The number of rotatable bonds is 2. The molecule has 1 aromatic rings. The Balaban J connectivity index is 2.21. The quantitative estimate of drug-likeness (QED) is 0.842. The lowest BCUT2D eigenvalue weighted by Gasteiger charge is -2.36. The number of halogens is 1. The maximum absolute atomic E-state index is 12.5. The van der Waals surface area contributed by atoms with Gasteiger partial charge in [0.2, 0.25) is 0 Å². The van der Waals surface area contributed by atoms with Crippen LogP contribution in [0.15, 0.2) is 18.2 Å². The standard InChI is InChI=1S/C15H21ClN2O/c1-10-6-3-4-9-13(10)18(2)15(19)11-7-5-8-12(16)14(11)17/h5,7-8,10,13H,3-4,6,9,17H2,1-2H3. The van der Waals surface area contributed by atoms with E-state index in [1.165, 1.54) is 19.3 Å². The summed E-state index contributed by atoms with van der Waals surface area (Å²) in [5.74, 6) is 0.516. The zero-order chi connectivity index (χ0) is 14.0. The Bertz CT molecular complexity index is 475. The van der Waals surface area contributed by atoms with Crippen LogP contribution >= 0.6 is 11.6 Å². The Morgan fingerprint density at radius 2 is 2.05 bits per heavy atom. The van der Waals surface area contributed by atoms with Gasteiger partial charge in [0, 0.05) is 13.1 Å². The number of benzene rings is 1. The molecule has 0 heterocycles. The van der Waals surface area contributed by atoms with Crippen molar-refractivity contribution in [2.75, 3.05) is 12.8 Å². The second kappa shape index (κ2) is 5.83. The Kier molecular flexibility index (Phi) is 4.35. The molecule has 19 heavy (non-hydrogen) atoms. The Morgan fingerprint density at radius 3 is 2.74 bits per heavy atom. The number of hydrogen-bond donors (Lipinski definition) is 1. The predicted octanol–water partition coefficient (Wildman–Crippen LogP) is 3.57. The molecule has 4 heteroatoms. The molecule has 0 radical (unpaired) electrons. The highest BCUT2D eigenvalue weighted by Gasteiger charge is 2.29. The SMILES string of the molecule is CC1CCCCC1N(C)C(=O)c1cccc(Cl)c1N. The van der Waals surface area contributed by atoms with E-state index >= 15 is 0 Å². The molecule has 0 aromatic heterocycles. The van der Waals surface area contributed by atoms with Crippen molar-refractivity contribution in [3.63, 3.8) is 0 Å². The average molecular weight is 281 g/mol. The summed E-state index contributed by atoms with van der Waals surface area (Å²) in [5.41, 5.74) is 6.79. The summed E-state index contributed by atoms with van der Waals surface area (Å²) >= 11 is 5.98. The fourth-order valence-corrected chi connectivity index (χ4v) is 3.11. The highest BCUT2D eigenvalue weighted by molar-refractivity contribution is 6.33. The maximum atomic E-state index is 12.5. The van der Waals surface area contributed by atoms with E-state index in [2.05, 4.69) is 6.92 Å². The molecule has 0 spiro atoms. The first-order chi connectivity index (χ1) is 9.02. The second-order valence-electron chi connectivity index (χ2n) is 5.45. The molecular formula is C15H21ClN2O. The summed E-state index contributed by atoms with van der Waals surface area (Å²) < 4.78 is 0. The predicted molar refractivity (Wildman–Crippen MR) is 79.4 cm³/mol. The summed E-state index contributed by atoms with van der Waals surface area (Å²) in [6, 6.07) is 5.52. The van der Waals surface area contributed by atoms with Gasteiger partial charge in [0.1, 0.15) is 0 Å². The lowest BCUT2D eigenvalue weighted by atomic mass is 9.85. The number of carbonyl (C=O) groups is 1. The van der Waals surface area contributed by atoms with Gasteiger partial charge in [0.15, 0.2) is 0 Å². The van der Waals surface area contributed by atoms with Gasteiger partial charge >= 0.3 is 0 Å². The number of nitrogens with two attached hydrogens (primary N) is 1. The normalized spacial score (nSPS) is 23.1. The van der Waals surface area contributed by atoms with Gasteiger partial charge in [-0.05, 0) is 30.9 Å². The summed E-state index contributed by atoms with van der Waals surface area (Å²) in [4.78, 5) is 14.4. The molecular weight excluding hydrogens is 260 g/mol. The van der Waals surface area contributed by atoms with Crippen LogP contribution in [-0.2, 0) is 0 Å². The van der Waals surface area contributed by atoms with Gasteiger partial charge < -0.3 is 10.6 Å². The van der Waals surface area contributed by atoms with Crippen LogP contribution in [0.5, 0.6) is 0 Å². The van der Waals surface area contributed by atoms with Crippen LogP contribution in [-0.4, -0.2) is 23.9 Å². The van der Waals surface area contributed by atoms with E-state index in [1.54, 1.807) is 18.2 Å². The zero-order valence-corrected chi connectivity index (χ0v) is 12.3. The number of carbonyl (C=O) groups excluding carboxylic acids is 1. The van der Waals surface area contributed by atoms with E-state index in [9.17, 15) is 4.79 Å². The topological polar surface area (TPSA) is 46.3 Å². The molecule has 2 N–H and O–H groups in total. The summed E-state index contributed by atoms with van der Waals surface area (Å²) in [7, 11) is 1.87. The third kappa shape index (κ3) is 2.86. The van der Waals surface area contributed by atoms with Gasteiger partial charge in [0.25, 0.3) is 5.91 Å². The molecule has 0 saturated heterocycles. The van der Waals surface area contributed by atoms with E-state index in [-0.39, 0.29) is 5.91 Å². The van der Waals surface area contributed by atoms with Crippen molar-refractivity contribution < 1.29 is 4.79 Å². The van der Waals surface area contributed by atoms with Crippen molar-refractivity contribution in [1.82, 2.24) is 4.90 Å². The van der Waals surface area contributed by atoms with Gasteiger partial charge in [-0.1, -0.05) is 37.4 Å². The third-order valence-electron chi connectivity index (χ3n) is 4.17. The van der Waals surface area contributed by atoms with Crippen LogP contribution < -0.4 is 5.73 Å². The number of hydrogen-bond acceptors (Lipinski definition) is 2. The molecule has 1 aliphatic rings. The lowest BCUT2D eigenvalue weighted by Crippen LogP contribution is -2.42. The van der Waals surface area contributed by atoms with Crippen LogP contribution in [0.2, 0.25) is 5.02 Å². The van der Waals surface area contributed by atoms with Gasteiger partial charge in [0.05, 0.1) is 16.3 Å². The Morgan fingerprint density at radius 1 is 1.37 bits per heavy atom. The number of anilines is 1. The van der Waals surface area contributed by atoms with Crippen LogP contribution in [0.3, 0.4) is 0 Å². The molecule has 1 amide bonds. The van der Waals surface area contributed by atoms with Crippen LogP contribution in [0.1, 0.15) is 43.0 Å². The molecule has 0 aliphatic heterocycles. The fraction of sp³-hybridized carbons (Fsp3) is 0.533. The minimum atomic E-state index is -0.0289. The maximum Gasteiger partial charge on any atom is 0.255 e. The van der Waals surface area contributed by atoms with E-state index in [1.807, 2.05) is 11.9 Å². The summed E-state index contributed by atoms with van der Waals surface area (Å²) in [5, 5.41) is 0.441. The number of nitrogens with zero attached hydrogens (tertiary/aromatic N) is 1. The Hall–Kier alpha value is -1.22. The van der Waals surface area contributed by atoms with E-state index in [4.69, 9.17) is 17.3 Å². The first-order valence-electron chi connectivity index (χ1n) is 6.83. The largest absolute Gasteiger partial charge is 0.397 e. The van der Waals surface area contributed by atoms with Crippen molar-refractivity contribution in [3.05, 3.63) is 28.8 Å². The van der Waals surface area contributed by atoms with Crippen molar-refractivity contribution >= 4 is 23.2 Å². The fourth-order valence-electron chi connectivity index (χ4n) is 2.94. The molecule has 3 nitrogen and oxygen atoms in total. The highest BCUT2D eigenvalue weighted by Crippen LogP contribution is 2.30. The molecule has 1 saturated carbocycles. The van der Waals surface area contributed by atoms with Crippen molar-refractivity contribution in [1.29, 1.82) is 0 Å². The average Bonchev–Trinajstić information content (AvgIpc) is 2.41. The van der Waals surface area contributed by atoms with Gasteiger partial charge in [-0.15, -0.1) is 0 Å². The first kappa shape index (κ1) is 14.2. The van der Waals surface area contributed by atoms with E-state index < -0.39 is 0 Å². The van der Waals surface area contributed by atoms with Gasteiger partial charge in [-0.2, -0.15) is 0 Å². The number of amides is 1. The summed E-state index contributed by atoms with van der Waals surface area (Å²) in [6.07, 6.45) is 4.72. The molecule has 1 fully saturated rings. The summed E-state index contributed by atoms with van der Waals surface area (Å²) in [6.45, 7) is 2.22. The molecule has 1 aliphatic carbocycles. The van der Waals surface area contributed by atoms with Crippen molar-refractivity contribution in [2.24, 2.45) is 5.92 Å². The third-order valence-corrected chi connectivity index (χ3v) is 4.50. The molecule has 2 unspecified atom stereocenters. The number of nitrogen functional groups attached to an aromatic ring is 1. The first-order valence-corrected chi connectivity index (χ1v) is 7.21. The second-order valence-corrected chi connectivity index (χ2v) is 5.85. The van der Waals surface area contributed by atoms with E-state index in [0.29, 0.717) is 28.2 Å². The van der Waals surface area contributed by atoms with Crippen molar-refractivity contribution in [2.45, 2.75) is 38.6 Å². The molecule has 104 valence electrons. The van der Waals surface area contributed by atoms with Gasteiger partial charge in [-0.25, -0.2) is 0 Å². The minimum absolute atomic E-state index is 0.0289. The monoisotopic (exact) mass is 280 g/mol. The van der Waals surface area contributed by atoms with E-state index in [0.717, 1.165) is 6.42 Å². The zero-order valence-electron chi connectivity index (χ0n) is 11.5. The molecule has 2 rings (SSSR count). The molecule has 0 bridgehead atoms. The van der Waals surface area contributed by atoms with Crippen LogP contribution in [0.4, 0.5) is 5.69 Å². The number of para-hydroxylation sites is 1. The van der Waals surface area contributed by atoms with Crippen LogP contribution in [0.25, 0.3) is 0 Å². The van der Waals surface area contributed by atoms with Crippen LogP contribution in [0, 0.1) is 5.92 Å². The van der Waals surface area contributed by atoms with Gasteiger partial charge in [-0.3, -0.25) is 4.79 Å². The highest BCUT2D eigenvalue weighted by atomic mass is 35.5. The molecule has 1 aromatic carbocycles. The van der Waals surface area contributed by atoms with Crippen molar-refractivity contribution in [3.8, 4) is 0 Å². The molecule has 2 atom stereocenters. The lowest BCUT2D eigenvalue weighted by molar-refractivity contribution is 0.0630.